The topological polar surface area (TPSA) is 35.5 Å². The molecule has 0 saturated carbocycles. The average Bonchev–Trinajstić information content (AvgIpc) is 2.27. The number of aliphatic hydroxyl groups excluding tert-OH is 1. The molecular formula is C11H24N2O. The Bertz CT molecular complexity index is 151. The molecule has 3 nitrogen and oxygen atoms in total. The van der Waals surface area contributed by atoms with E-state index in [0.717, 1.165) is 45.4 Å². The number of hydrogen-bond acceptors (Lipinski definition) is 3. The van der Waals surface area contributed by atoms with Crippen molar-refractivity contribution in [2.45, 2.75) is 38.6 Å². The van der Waals surface area contributed by atoms with E-state index in [0.29, 0.717) is 6.61 Å². The highest BCUT2D eigenvalue weighted by Gasteiger charge is 2.33. The third kappa shape index (κ3) is 2.47. The van der Waals surface area contributed by atoms with E-state index in [1.165, 1.54) is 0 Å². The van der Waals surface area contributed by atoms with E-state index in [-0.39, 0.29) is 5.54 Å². The lowest BCUT2D eigenvalue weighted by Crippen LogP contribution is -2.57. The first-order valence-corrected chi connectivity index (χ1v) is 5.85. The molecule has 0 spiro atoms. The van der Waals surface area contributed by atoms with Crippen LogP contribution in [0.15, 0.2) is 0 Å². The van der Waals surface area contributed by atoms with E-state index in [9.17, 15) is 5.11 Å². The first-order valence-electron chi connectivity index (χ1n) is 5.85. The minimum atomic E-state index is 0.0524. The Hall–Kier alpha value is -0.120. The number of aliphatic hydroxyl groups is 1. The maximum atomic E-state index is 9.60. The normalized spacial score (nSPS) is 23.4. The molecule has 0 aliphatic carbocycles. The molecule has 1 heterocycles. The van der Waals surface area contributed by atoms with Gasteiger partial charge < -0.3 is 10.4 Å². The number of piperazine rings is 1. The largest absolute Gasteiger partial charge is 0.394 e. The Kier molecular flexibility index (Phi) is 4.85. The molecule has 14 heavy (non-hydrogen) atoms. The van der Waals surface area contributed by atoms with E-state index < -0.39 is 0 Å². The zero-order chi connectivity index (χ0) is 10.4. The number of hydrogen-bond donors (Lipinski definition) is 2. The maximum Gasteiger partial charge on any atom is 0.0615 e. The number of nitrogens with one attached hydrogen (secondary N) is 1. The molecule has 3 heteroatoms. The predicted molar refractivity (Wildman–Crippen MR) is 59.5 cm³/mol. The summed E-state index contributed by atoms with van der Waals surface area (Å²) in [5, 5.41) is 13.0. The summed E-state index contributed by atoms with van der Waals surface area (Å²) in [6.45, 7) is 8.97. The lowest BCUT2D eigenvalue weighted by atomic mass is 9.89. The molecule has 0 bridgehead atoms. The molecule has 1 unspecified atom stereocenters. The van der Waals surface area contributed by atoms with Crippen LogP contribution in [0.2, 0.25) is 0 Å². The third-order valence-corrected chi connectivity index (χ3v) is 3.46. The van der Waals surface area contributed by atoms with Crippen molar-refractivity contribution >= 4 is 0 Å². The zero-order valence-electron chi connectivity index (χ0n) is 9.55. The van der Waals surface area contributed by atoms with Crippen molar-refractivity contribution in [1.82, 2.24) is 10.2 Å². The molecule has 1 saturated heterocycles. The van der Waals surface area contributed by atoms with Crippen molar-refractivity contribution in [3.05, 3.63) is 0 Å². The molecule has 1 aliphatic heterocycles. The molecule has 1 atom stereocenters. The van der Waals surface area contributed by atoms with Crippen LogP contribution in [0.25, 0.3) is 0 Å². The second-order valence-corrected chi connectivity index (χ2v) is 4.22. The van der Waals surface area contributed by atoms with Crippen LogP contribution < -0.4 is 5.32 Å². The molecule has 1 aliphatic rings. The van der Waals surface area contributed by atoms with E-state index in [1.807, 2.05) is 0 Å². The summed E-state index contributed by atoms with van der Waals surface area (Å²) in [6.07, 6.45) is 3.32. The molecule has 1 rings (SSSR count). The summed E-state index contributed by atoms with van der Waals surface area (Å²) in [4.78, 5) is 2.47. The summed E-state index contributed by atoms with van der Waals surface area (Å²) in [5.41, 5.74) is 0.0524. The first kappa shape index (κ1) is 12.0. The summed E-state index contributed by atoms with van der Waals surface area (Å²) in [6, 6.07) is 0. The van der Waals surface area contributed by atoms with Crippen molar-refractivity contribution in [3.8, 4) is 0 Å². The van der Waals surface area contributed by atoms with Gasteiger partial charge >= 0.3 is 0 Å². The molecule has 0 radical (unpaired) electrons. The van der Waals surface area contributed by atoms with Gasteiger partial charge in [-0.25, -0.2) is 0 Å². The number of nitrogens with zero attached hydrogens (tertiary/aromatic N) is 1. The lowest BCUT2D eigenvalue weighted by molar-refractivity contribution is 0.0103. The van der Waals surface area contributed by atoms with E-state index >= 15 is 0 Å². The molecule has 0 aromatic rings. The van der Waals surface area contributed by atoms with E-state index in [2.05, 4.69) is 24.1 Å². The molecule has 0 amide bonds. The Balaban J connectivity index is 2.62. The van der Waals surface area contributed by atoms with Crippen LogP contribution in [0.4, 0.5) is 0 Å². The van der Waals surface area contributed by atoms with Gasteiger partial charge in [0.25, 0.3) is 0 Å². The minimum Gasteiger partial charge on any atom is -0.394 e. The van der Waals surface area contributed by atoms with Crippen molar-refractivity contribution in [2.24, 2.45) is 0 Å². The van der Waals surface area contributed by atoms with Crippen molar-refractivity contribution < 1.29 is 5.11 Å². The van der Waals surface area contributed by atoms with Gasteiger partial charge in [0, 0.05) is 31.7 Å². The molecule has 84 valence electrons. The highest BCUT2D eigenvalue weighted by Crippen LogP contribution is 2.25. The van der Waals surface area contributed by atoms with Gasteiger partial charge in [-0.1, -0.05) is 20.3 Å². The van der Waals surface area contributed by atoms with Crippen molar-refractivity contribution in [1.29, 1.82) is 0 Å². The summed E-state index contributed by atoms with van der Waals surface area (Å²) in [7, 11) is 0. The van der Waals surface area contributed by atoms with Crippen LogP contribution in [0.5, 0.6) is 0 Å². The van der Waals surface area contributed by atoms with Gasteiger partial charge in [0.1, 0.15) is 0 Å². The maximum absolute atomic E-state index is 9.60. The summed E-state index contributed by atoms with van der Waals surface area (Å²) < 4.78 is 0. The van der Waals surface area contributed by atoms with Gasteiger partial charge in [-0.05, 0) is 12.8 Å². The number of rotatable bonds is 5. The third-order valence-electron chi connectivity index (χ3n) is 3.46. The Morgan fingerprint density at radius 2 is 1.93 bits per heavy atom. The molecule has 0 aromatic heterocycles. The van der Waals surface area contributed by atoms with Crippen LogP contribution in [0.3, 0.4) is 0 Å². The smallest absolute Gasteiger partial charge is 0.0615 e. The Morgan fingerprint density at radius 1 is 1.29 bits per heavy atom. The second kappa shape index (κ2) is 5.69. The SMILES string of the molecule is CCCC(CC)(CO)N1CCNCC1. The van der Waals surface area contributed by atoms with Gasteiger partial charge in [-0.3, -0.25) is 4.90 Å². The van der Waals surface area contributed by atoms with Gasteiger partial charge in [0.05, 0.1) is 6.61 Å². The second-order valence-electron chi connectivity index (χ2n) is 4.22. The van der Waals surface area contributed by atoms with Crippen LogP contribution >= 0.6 is 0 Å². The van der Waals surface area contributed by atoms with Gasteiger partial charge in [-0.2, -0.15) is 0 Å². The molecular weight excluding hydrogens is 176 g/mol. The molecule has 0 aromatic carbocycles. The summed E-state index contributed by atoms with van der Waals surface area (Å²) >= 11 is 0. The van der Waals surface area contributed by atoms with Gasteiger partial charge in [-0.15, -0.1) is 0 Å². The predicted octanol–water partition coefficient (Wildman–Crippen LogP) is 0.833. The average molecular weight is 200 g/mol. The van der Waals surface area contributed by atoms with Crippen LogP contribution in [-0.2, 0) is 0 Å². The monoisotopic (exact) mass is 200 g/mol. The first-order chi connectivity index (χ1) is 6.79. The fourth-order valence-electron chi connectivity index (χ4n) is 2.45. The van der Waals surface area contributed by atoms with Gasteiger partial charge in [0.15, 0.2) is 0 Å². The fourth-order valence-corrected chi connectivity index (χ4v) is 2.45. The molecule has 1 fully saturated rings. The fraction of sp³-hybridized carbons (Fsp3) is 1.00. The van der Waals surface area contributed by atoms with Gasteiger partial charge in [0.2, 0.25) is 0 Å². The molecule has 2 N–H and O–H groups in total. The highest BCUT2D eigenvalue weighted by molar-refractivity contribution is 4.90. The van der Waals surface area contributed by atoms with E-state index in [4.69, 9.17) is 0 Å². The lowest BCUT2D eigenvalue weighted by Gasteiger charge is -2.44. The van der Waals surface area contributed by atoms with Crippen LogP contribution in [-0.4, -0.2) is 48.3 Å². The quantitative estimate of drug-likeness (QED) is 0.690. The highest BCUT2D eigenvalue weighted by atomic mass is 16.3. The van der Waals surface area contributed by atoms with Crippen LogP contribution in [0.1, 0.15) is 33.1 Å². The minimum absolute atomic E-state index is 0.0524. The Morgan fingerprint density at radius 3 is 2.36 bits per heavy atom. The van der Waals surface area contributed by atoms with Crippen molar-refractivity contribution in [3.63, 3.8) is 0 Å². The zero-order valence-corrected chi connectivity index (χ0v) is 9.55. The van der Waals surface area contributed by atoms with E-state index in [1.54, 1.807) is 0 Å². The Labute approximate surface area is 87.5 Å². The van der Waals surface area contributed by atoms with Crippen LogP contribution in [0, 0.1) is 0 Å². The standard InChI is InChI=1S/C11H24N2O/c1-3-5-11(4-2,10-14)13-8-6-12-7-9-13/h12,14H,3-10H2,1-2H3. The summed E-state index contributed by atoms with van der Waals surface area (Å²) in [5.74, 6) is 0. The van der Waals surface area contributed by atoms with Crippen molar-refractivity contribution in [2.75, 3.05) is 32.8 Å².